The van der Waals surface area contributed by atoms with E-state index in [1.165, 1.54) is 0 Å². The van der Waals surface area contributed by atoms with Gasteiger partial charge in [0.25, 0.3) is 0 Å². The Hall–Kier alpha value is -2.99. The van der Waals surface area contributed by atoms with Crippen LogP contribution in [0.1, 0.15) is 21.7 Å². The number of rotatable bonds is 5. The van der Waals surface area contributed by atoms with Crippen LogP contribution in [0.15, 0.2) is 54.7 Å². The molecule has 26 heavy (non-hydrogen) atoms. The second kappa shape index (κ2) is 7.49. The van der Waals surface area contributed by atoms with Crippen LogP contribution in [0.25, 0.3) is 11.3 Å². The van der Waals surface area contributed by atoms with Gasteiger partial charge in [-0.15, -0.1) is 5.10 Å². The summed E-state index contributed by atoms with van der Waals surface area (Å²) in [6.45, 7) is 2.00. The van der Waals surface area contributed by atoms with Gasteiger partial charge in [-0.25, -0.2) is 0 Å². The van der Waals surface area contributed by atoms with Crippen LogP contribution in [-0.2, 0) is 0 Å². The number of benzene rings is 2. The summed E-state index contributed by atoms with van der Waals surface area (Å²) < 4.78 is 1.55. The number of hydrogen-bond acceptors (Lipinski definition) is 5. The van der Waals surface area contributed by atoms with Gasteiger partial charge in [-0.3, -0.25) is 4.79 Å². The van der Waals surface area contributed by atoms with Crippen molar-refractivity contribution in [2.75, 3.05) is 14.1 Å². The molecular formula is C19H18ClN5O. The lowest BCUT2D eigenvalue weighted by atomic mass is 10.0. The fourth-order valence-corrected chi connectivity index (χ4v) is 2.67. The molecule has 0 aliphatic heterocycles. The summed E-state index contributed by atoms with van der Waals surface area (Å²) in [5, 5.41) is 12.4. The van der Waals surface area contributed by atoms with Gasteiger partial charge < -0.3 is 4.90 Å². The fraction of sp³-hybridized carbons (Fsp3) is 0.158. The number of aryl methyl sites for hydroxylation is 1. The van der Waals surface area contributed by atoms with Crippen molar-refractivity contribution < 1.29 is 4.79 Å². The molecule has 0 aliphatic rings. The molecule has 0 amide bonds. The topological polar surface area (TPSA) is 63.9 Å². The Bertz CT molecular complexity index is 960. The van der Waals surface area contributed by atoms with Crippen molar-refractivity contribution in [3.63, 3.8) is 0 Å². The highest BCUT2D eigenvalue weighted by Gasteiger charge is 2.22. The molecule has 0 atom stereocenters. The summed E-state index contributed by atoms with van der Waals surface area (Å²) in [5.74, 6) is 0.164. The maximum absolute atomic E-state index is 13.1. The minimum atomic E-state index is -0.204. The van der Waals surface area contributed by atoms with Crippen LogP contribution in [0, 0.1) is 6.92 Å². The number of nitrogens with zero attached hydrogens (tertiary/aromatic N) is 5. The van der Waals surface area contributed by atoms with Gasteiger partial charge in [-0.1, -0.05) is 41.4 Å². The Morgan fingerprint density at radius 1 is 1.15 bits per heavy atom. The van der Waals surface area contributed by atoms with E-state index >= 15 is 0 Å². The number of Topliss-reactive ketones (excluding diaryl/α,β-unsaturated/α-hetero) is 1. The molecule has 0 saturated carbocycles. The third kappa shape index (κ3) is 3.81. The maximum atomic E-state index is 13.1. The highest BCUT2D eigenvalue weighted by Crippen LogP contribution is 2.22. The van der Waals surface area contributed by atoms with Crippen LogP contribution >= 0.6 is 11.6 Å². The van der Waals surface area contributed by atoms with Crippen molar-refractivity contribution in [1.29, 1.82) is 0 Å². The smallest absolute Gasteiger partial charge is 0.198 e. The third-order valence-electron chi connectivity index (χ3n) is 3.71. The Balaban J connectivity index is 2.09. The van der Waals surface area contributed by atoms with E-state index in [2.05, 4.69) is 15.5 Å². The number of carbonyl (C=O) groups is 1. The lowest BCUT2D eigenvalue weighted by Gasteiger charge is -2.12. The van der Waals surface area contributed by atoms with Crippen molar-refractivity contribution >= 4 is 23.0 Å². The molecule has 0 N–H and O–H groups in total. The van der Waals surface area contributed by atoms with Crippen molar-refractivity contribution in [3.05, 3.63) is 76.7 Å². The van der Waals surface area contributed by atoms with Crippen LogP contribution < -0.4 is 0 Å². The molecule has 0 aliphatic carbocycles. The van der Waals surface area contributed by atoms with Gasteiger partial charge >= 0.3 is 0 Å². The second-order valence-corrected chi connectivity index (χ2v) is 6.53. The molecule has 0 fully saturated rings. The summed E-state index contributed by atoms with van der Waals surface area (Å²) in [7, 11) is 3.68. The van der Waals surface area contributed by atoms with Gasteiger partial charge in [-0.2, -0.15) is 4.68 Å². The first-order valence-corrected chi connectivity index (χ1v) is 8.38. The molecule has 0 spiro atoms. The molecular weight excluding hydrogens is 350 g/mol. The van der Waals surface area contributed by atoms with Gasteiger partial charge in [0.2, 0.25) is 0 Å². The van der Waals surface area contributed by atoms with Gasteiger partial charge in [0.05, 0.1) is 11.3 Å². The Morgan fingerprint density at radius 2 is 1.88 bits per heavy atom. The van der Waals surface area contributed by atoms with Gasteiger partial charge in [-0.05, 0) is 41.6 Å². The number of carbonyl (C=O) groups excluding carboxylic acids is 1. The summed E-state index contributed by atoms with van der Waals surface area (Å²) in [6, 6.07) is 14.6. The average Bonchev–Trinajstić information content (AvgIpc) is 3.09. The van der Waals surface area contributed by atoms with E-state index in [0.29, 0.717) is 22.0 Å². The number of hydrogen-bond donors (Lipinski definition) is 0. The molecule has 0 saturated heterocycles. The first kappa shape index (κ1) is 17.8. The van der Waals surface area contributed by atoms with Crippen LogP contribution in [-0.4, -0.2) is 45.0 Å². The highest BCUT2D eigenvalue weighted by atomic mass is 35.5. The van der Waals surface area contributed by atoms with Crippen molar-refractivity contribution in [1.82, 2.24) is 25.1 Å². The molecule has 0 unspecified atom stereocenters. The fourth-order valence-electron chi connectivity index (χ4n) is 2.48. The van der Waals surface area contributed by atoms with E-state index in [1.54, 1.807) is 40.0 Å². The lowest BCUT2D eigenvalue weighted by molar-refractivity contribution is 0.105. The molecule has 7 heteroatoms. The van der Waals surface area contributed by atoms with E-state index in [4.69, 9.17) is 11.6 Å². The average molecular weight is 368 g/mol. The Kier molecular flexibility index (Phi) is 5.14. The summed E-state index contributed by atoms with van der Waals surface area (Å²) in [4.78, 5) is 14.9. The van der Waals surface area contributed by atoms with Gasteiger partial charge in [0.1, 0.15) is 0 Å². The van der Waals surface area contributed by atoms with Crippen LogP contribution in [0.5, 0.6) is 0 Å². The first-order valence-electron chi connectivity index (χ1n) is 8.00. The zero-order valence-electron chi connectivity index (χ0n) is 14.7. The number of allylic oxidation sites excluding steroid dienone is 1. The molecule has 3 aromatic rings. The Labute approximate surface area is 156 Å². The predicted octanol–water partition coefficient (Wildman–Crippen LogP) is 3.41. The molecule has 0 radical (unpaired) electrons. The van der Waals surface area contributed by atoms with Crippen molar-refractivity contribution in [2.45, 2.75) is 6.92 Å². The first-order chi connectivity index (χ1) is 12.5. The zero-order valence-corrected chi connectivity index (χ0v) is 15.5. The molecule has 6 nitrogen and oxygen atoms in total. The largest absolute Gasteiger partial charge is 0.383 e. The number of ketones is 1. The molecule has 0 bridgehead atoms. The summed E-state index contributed by atoms with van der Waals surface area (Å²) in [5.41, 5.74) is 2.76. The standard InChI is InChI=1S/C19H18ClN5O/c1-13-7-9-16(10-8-13)25-19(21-22-23-25)17(12-24(2)3)18(26)14-5-4-6-15(20)11-14/h4-12H,1-3H3. The summed E-state index contributed by atoms with van der Waals surface area (Å²) >= 11 is 6.04. The maximum Gasteiger partial charge on any atom is 0.198 e. The van der Waals surface area contributed by atoms with Crippen LogP contribution in [0.2, 0.25) is 5.02 Å². The number of aromatic nitrogens is 4. The second-order valence-electron chi connectivity index (χ2n) is 6.10. The minimum Gasteiger partial charge on any atom is -0.383 e. The van der Waals surface area contributed by atoms with E-state index < -0.39 is 0 Å². The van der Waals surface area contributed by atoms with E-state index in [0.717, 1.165) is 11.3 Å². The number of halogens is 1. The monoisotopic (exact) mass is 367 g/mol. The van der Waals surface area contributed by atoms with Gasteiger partial charge in [0.15, 0.2) is 11.6 Å². The van der Waals surface area contributed by atoms with E-state index in [-0.39, 0.29) is 5.78 Å². The summed E-state index contributed by atoms with van der Waals surface area (Å²) in [6.07, 6.45) is 1.71. The SMILES string of the molecule is Cc1ccc(-n2nnnc2C(=CN(C)C)C(=O)c2cccc(Cl)c2)cc1. The molecule has 1 aromatic heterocycles. The minimum absolute atomic E-state index is 0.204. The zero-order chi connectivity index (χ0) is 18.7. The third-order valence-corrected chi connectivity index (χ3v) is 3.94. The highest BCUT2D eigenvalue weighted by molar-refractivity contribution is 6.32. The quantitative estimate of drug-likeness (QED) is 0.510. The molecule has 2 aromatic carbocycles. The lowest BCUT2D eigenvalue weighted by Crippen LogP contribution is -2.13. The normalized spacial score (nSPS) is 11.5. The predicted molar refractivity (Wildman–Crippen MR) is 101 cm³/mol. The van der Waals surface area contributed by atoms with Gasteiger partial charge in [0, 0.05) is 30.9 Å². The number of tetrazole rings is 1. The Morgan fingerprint density at radius 3 is 2.54 bits per heavy atom. The van der Waals surface area contributed by atoms with Crippen LogP contribution in [0.4, 0.5) is 0 Å². The molecule has 3 rings (SSSR count). The molecule has 1 heterocycles. The molecule has 132 valence electrons. The van der Waals surface area contributed by atoms with E-state index in [9.17, 15) is 4.79 Å². The van der Waals surface area contributed by atoms with E-state index in [1.807, 2.05) is 45.3 Å². The van der Waals surface area contributed by atoms with Crippen molar-refractivity contribution in [3.8, 4) is 5.69 Å². The van der Waals surface area contributed by atoms with Crippen molar-refractivity contribution in [2.24, 2.45) is 0 Å². The van der Waals surface area contributed by atoms with Crippen LogP contribution in [0.3, 0.4) is 0 Å².